The monoisotopic (exact) mass is 464 g/mol. The molecule has 0 unspecified atom stereocenters. The number of anilines is 2. The molecule has 6 heteroatoms. The molecule has 3 nitrogen and oxygen atoms in total. The highest BCUT2D eigenvalue weighted by atomic mass is 127. The summed E-state index contributed by atoms with van der Waals surface area (Å²) in [5.74, 6) is -0.181. The zero-order chi connectivity index (χ0) is 14.9. The Kier molecular flexibility index (Phi) is 4.93. The van der Waals surface area contributed by atoms with Gasteiger partial charge >= 0.3 is 0 Å². The van der Waals surface area contributed by atoms with Gasteiger partial charge in [0, 0.05) is 13.7 Å². The summed E-state index contributed by atoms with van der Waals surface area (Å²) in [4.78, 5) is 12.3. The van der Waals surface area contributed by atoms with E-state index in [0.717, 1.165) is 13.6 Å². The topological polar surface area (TPSA) is 55.1 Å². The maximum Gasteiger partial charge on any atom is 0.256 e. The van der Waals surface area contributed by atoms with Gasteiger partial charge in [-0.25, -0.2) is 0 Å². The minimum Gasteiger partial charge on any atom is -0.398 e. The second-order valence-electron chi connectivity index (χ2n) is 4.27. The number of aryl methyl sites for hydroxylation is 1. The van der Waals surface area contributed by atoms with E-state index in [1.165, 1.54) is 0 Å². The van der Waals surface area contributed by atoms with E-state index in [-0.39, 0.29) is 5.91 Å². The Morgan fingerprint density at radius 3 is 2.75 bits per heavy atom. The van der Waals surface area contributed by atoms with Crippen molar-refractivity contribution in [3.05, 3.63) is 54.5 Å². The molecule has 0 saturated heterocycles. The van der Waals surface area contributed by atoms with Gasteiger partial charge < -0.3 is 11.1 Å². The second kappa shape index (κ2) is 6.32. The number of hydrogen-bond donors (Lipinski definition) is 2. The lowest BCUT2D eigenvalue weighted by atomic mass is 10.1. The first kappa shape index (κ1) is 15.6. The van der Waals surface area contributed by atoms with Gasteiger partial charge in [-0.3, -0.25) is 4.79 Å². The van der Waals surface area contributed by atoms with E-state index in [0.29, 0.717) is 22.0 Å². The molecule has 2 aromatic carbocycles. The van der Waals surface area contributed by atoms with Gasteiger partial charge in [0.1, 0.15) is 0 Å². The lowest BCUT2D eigenvalue weighted by Gasteiger charge is -2.11. The van der Waals surface area contributed by atoms with Crippen LogP contribution >= 0.6 is 50.1 Å². The molecule has 3 N–H and O–H groups in total. The fraction of sp³-hybridized carbons (Fsp3) is 0.0714. The van der Waals surface area contributed by atoms with Crippen molar-refractivity contribution < 1.29 is 4.79 Å². The third-order valence-electron chi connectivity index (χ3n) is 2.76. The van der Waals surface area contributed by atoms with Gasteiger partial charge in [-0.2, -0.15) is 0 Å². The van der Waals surface area contributed by atoms with E-state index in [1.807, 2.05) is 19.1 Å². The predicted octanol–water partition coefficient (Wildman–Crippen LogP) is 4.85. The van der Waals surface area contributed by atoms with Crippen LogP contribution in [-0.4, -0.2) is 5.91 Å². The molecule has 0 aliphatic rings. The number of carbonyl (C=O) groups is 1. The van der Waals surface area contributed by atoms with Crippen LogP contribution in [0.3, 0.4) is 0 Å². The molecule has 0 heterocycles. The summed E-state index contributed by atoms with van der Waals surface area (Å²) in [5.41, 5.74) is 8.35. The zero-order valence-electron chi connectivity index (χ0n) is 10.5. The largest absolute Gasteiger partial charge is 0.398 e. The number of carbonyl (C=O) groups excluding carboxylic acids is 1. The molecule has 0 radical (unpaired) electrons. The van der Waals surface area contributed by atoms with Crippen LogP contribution in [0.25, 0.3) is 0 Å². The molecule has 104 valence electrons. The van der Waals surface area contributed by atoms with Crippen molar-refractivity contribution in [2.75, 3.05) is 11.1 Å². The number of nitrogens with one attached hydrogen (secondary N) is 1. The number of rotatable bonds is 2. The van der Waals surface area contributed by atoms with Crippen LogP contribution in [0, 0.1) is 10.5 Å². The molecule has 0 aromatic heterocycles. The first-order chi connectivity index (χ1) is 9.38. The summed E-state index contributed by atoms with van der Waals surface area (Å²) >= 11 is 11.5. The lowest BCUT2D eigenvalue weighted by Crippen LogP contribution is -2.14. The van der Waals surface area contributed by atoms with Crippen molar-refractivity contribution >= 4 is 67.4 Å². The van der Waals surface area contributed by atoms with Crippen LogP contribution < -0.4 is 11.1 Å². The number of nitrogens with two attached hydrogens (primary N) is 1. The molecule has 20 heavy (non-hydrogen) atoms. The Bertz CT molecular complexity index is 691. The van der Waals surface area contributed by atoms with Gasteiger partial charge in [-0.15, -0.1) is 0 Å². The number of benzene rings is 2. The fourth-order valence-corrected chi connectivity index (χ4v) is 2.80. The highest BCUT2D eigenvalue weighted by Gasteiger charge is 2.13. The minimum absolute atomic E-state index is 0.181. The van der Waals surface area contributed by atoms with Crippen molar-refractivity contribution in [1.82, 2.24) is 0 Å². The maximum atomic E-state index is 12.3. The predicted molar refractivity (Wildman–Crippen MR) is 95.4 cm³/mol. The Morgan fingerprint density at radius 1 is 1.35 bits per heavy atom. The van der Waals surface area contributed by atoms with Crippen LogP contribution in [0.2, 0.25) is 5.02 Å². The number of halogens is 3. The Morgan fingerprint density at radius 2 is 2.05 bits per heavy atom. The number of amides is 1. The van der Waals surface area contributed by atoms with Gasteiger partial charge in [0.25, 0.3) is 5.91 Å². The van der Waals surface area contributed by atoms with Crippen molar-refractivity contribution in [2.24, 2.45) is 0 Å². The van der Waals surface area contributed by atoms with E-state index in [9.17, 15) is 4.79 Å². The quantitative estimate of drug-likeness (QED) is 0.492. The van der Waals surface area contributed by atoms with E-state index in [4.69, 9.17) is 17.3 Å². The lowest BCUT2D eigenvalue weighted by molar-refractivity contribution is 0.102. The summed E-state index contributed by atoms with van der Waals surface area (Å²) in [6.07, 6.45) is 0. The first-order valence-electron chi connectivity index (χ1n) is 5.70. The SMILES string of the molecule is Cc1cc(N)c(Cl)cc1NC(=O)c1cc(Br)ccc1I. The van der Waals surface area contributed by atoms with Crippen molar-refractivity contribution in [3.8, 4) is 0 Å². The summed E-state index contributed by atoms with van der Waals surface area (Å²) in [6.45, 7) is 1.87. The molecule has 0 aliphatic carbocycles. The van der Waals surface area contributed by atoms with Crippen LogP contribution in [-0.2, 0) is 0 Å². The van der Waals surface area contributed by atoms with Gasteiger partial charge in [0.2, 0.25) is 0 Å². The number of hydrogen-bond acceptors (Lipinski definition) is 2. The third kappa shape index (κ3) is 3.45. The van der Waals surface area contributed by atoms with Crippen molar-refractivity contribution in [2.45, 2.75) is 6.92 Å². The molecule has 2 rings (SSSR count). The van der Waals surface area contributed by atoms with Crippen LogP contribution in [0.5, 0.6) is 0 Å². The van der Waals surface area contributed by atoms with Gasteiger partial charge in [0.05, 0.1) is 16.3 Å². The zero-order valence-corrected chi connectivity index (χ0v) is 15.0. The van der Waals surface area contributed by atoms with Crippen LogP contribution in [0.15, 0.2) is 34.8 Å². The molecule has 0 fully saturated rings. The average molecular weight is 466 g/mol. The molecule has 0 bridgehead atoms. The Labute approximate surface area is 144 Å². The molecule has 0 spiro atoms. The second-order valence-corrected chi connectivity index (χ2v) is 6.75. The minimum atomic E-state index is -0.181. The molecule has 0 atom stereocenters. The van der Waals surface area contributed by atoms with Crippen LogP contribution in [0.1, 0.15) is 15.9 Å². The summed E-state index contributed by atoms with van der Waals surface area (Å²) < 4.78 is 1.73. The summed E-state index contributed by atoms with van der Waals surface area (Å²) in [7, 11) is 0. The van der Waals surface area contributed by atoms with E-state index >= 15 is 0 Å². The van der Waals surface area contributed by atoms with E-state index in [2.05, 4.69) is 43.8 Å². The molecule has 0 aliphatic heterocycles. The third-order valence-corrected chi connectivity index (χ3v) is 4.53. The maximum absolute atomic E-state index is 12.3. The van der Waals surface area contributed by atoms with Gasteiger partial charge in [0.15, 0.2) is 0 Å². The normalized spacial score (nSPS) is 10.4. The summed E-state index contributed by atoms with van der Waals surface area (Å²) in [5, 5.41) is 3.28. The molecule has 2 aromatic rings. The smallest absolute Gasteiger partial charge is 0.256 e. The van der Waals surface area contributed by atoms with E-state index < -0.39 is 0 Å². The Balaban J connectivity index is 2.32. The standard InChI is InChI=1S/C14H11BrClIN2O/c1-7-4-12(18)10(16)6-13(7)19-14(20)9-5-8(15)2-3-11(9)17/h2-6H,18H2,1H3,(H,19,20). The van der Waals surface area contributed by atoms with Crippen molar-refractivity contribution in [1.29, 1.82) is 0 Å². The van der Waals surface area contributed by atoms with E-state index in [1.54, 1.807) is 18.2 Å². The fourth-order valence-electron chi connectivity index (χ4n) is 1.70. The summed E-state index contributed by atoms with van der Waals surface area (Å²) in [6, 6.07) is 8.95. The molecule has 0 saturated carbocycles. The first-order valence-corrected chi connectivity index (χ1v) is 7.95. The molecule has 1 amide bonds. The van der Waals surface area contributed by atoms with Crippen molar-refractivity contribution in [3.63, 3.8) is 0 Å². The Hall–Kier alpha value is -0.790. The molecular weight excluding hydrogens is 454 g/mol. The van der Waals surface area contributed by atoms with Gasteiger partial charge in [-0.1, -0.05) is 27.5 Å². The van der Waals surface area contributed by atoms with Crippen LogP contribution in [0.4, 0.5) is 11.4 Å². The van der Waals surface area contributed by atoms with Gasteiger partial charge in [-0.05, 0) is 65.4 Å². The highest BCUT2D eigenvalue weighted by Crippen LogP contribution is 2.27. The highest BCUT2D eigenvalue weighted by molar-refractivity contribution is 14.1. The molecular formula is C14H11BrClIN2O. The number of nitrogen functional groups attached to an aromatic ring is 1. The average Bonchev–Trinajstić information content (AvgIpc) is 2.38.